The van der Waals surface area contributed by atoms with Gasteiger partial charge in [-0.2, -0.15) is 5.10 Å². The van der Waals surface area contributed by atoms with Gasteiger partial charge in [0.2, 0.25) is 0 Å². The molecule has 30 heavy (non-hydrogen) atoms. The molecule has 0 saturated carbocycles. The highest BCUT2D eigenvalue weighted by Gasteiger charge is 2.22. The maximum atomic E-state index is 12.8. The van der Waals surface area contributed by atoms with Gasteiger partial charge in [-0.05, 0) is 48.5 Å². The minimum absolute atomic E-state index is 0.0641. The summed E-state index contributed by atoms with van der Waals surface area (Å²) in [6, 6.07) is 15.0. The van der Waals surface area contributed by atoms with Crippen LogP contribution in [0.5, 0.6) is 11.5 Å². The zero-order valence-electron chi connectivity index (χ0n) is 17.0. The molecule has 3 aromatic rings. The molecule has 0 bridgehead atoms. The molecular formula is C22H25N5O3. The van der Waals surface area contributed by atoms with Gasteiger partial charge in [0.1, 0.15) is 30.8 Å². The third-order valence-electron chi connectivity index (χ3n) is 5.19. The first-order valence-corrected chi connectivity index (χ1v) is 9.96. The van der Waals surface area contributed by atoms with Crippen LogP contribution in [0.3, 0.4) is 0 Å². The standard InChI is InChI=1S/C22H25N5O3/c1-29-20-6-8-21(9-7-20)30-15-14-25-10-12-26(13-11-25)22(28)18-2-4-19(5-3-18)27-17-23-16-24-27/h2-9,16-17H,10-15H2,1H3. The molecule has 8 nitrogen and oxygen atoms in total. The lowest BCUT2D eigenvalue weighted by atomic mass is 10.1. The van der Waals surface area contributed by atoms with Crippen molar-refractivity contribution in [3.05, 3.63) is 66.7 Å². The first-order chi connectivity index (χ1) is 14.7. The van der Waals surface area contributed by atoms with E-state index in [1.807, 2.05) is 53.4 Å². The van der Waals surface area contributed by atoms with Crippen LogP contribution in [-0.2, 0) is 0 Å². The Morgan fingerprint density at radius 1 is 0.967 bits per heavy atom. The van der Waals surface area contributed by atoms with Gasteiger partial charge >= 0.3 is 0 Å². The molecule has 0 unspecified atom stereocenters. The van der Waals surface area contributed by atoms with Crippen molar-refractivity contribution in [2.45, 2.75) is 0 Å². The zero-order valence-corrected chi connectivity index (χ0v) is 17.0. The van der Waals surface area contributed by atoms with E-state index in [1.54, 1.807) is 18.1 Å². The summed E-state index contributed by atoms with van der Waals surface area (Å²) in [5.41, 5.74) is 1.57. The highest BCUT2D eigenvalue weighted by Crippen LogP contribution is 2.17. The SMILES string of the molecule is COc1ccc(OCCN2CCN(C(=O)c3ccc(-n4cncn4)cc3)CC2)cc1. The zero-order chi connectivity index (χ0) is 20.8. The third kappa shape index (κ3) is 4.77. The minimum atomic E-state index is 0.0641. The van der Waals surface area contributed by atoms with Crippen molar-refractivity contribution in [3.8, 4) is 17.2 Å². The molecular weight excluding hydrogens is 382 g/mol. The largest absolute Gasteiger partial charge is 0.497 e. The second-order valence-corrected chi connectivity index (χ2v) is 7.04. The number of amides is 1. The number of ether oxygens (including phenoxy) is 2. The molecule has 1 fully saturated rings. The number of rotatable bonds is 7. The van der Waals surface area contributed by atoms with Crippen LogP contribution in [0.2, 0.25) is 0 Å². The normalized spacial score (nSPS) is 14.5. The van der Waals surface area contributed by atoms with Crippen LogP contribution in [0.25, 0.3) is 5.69 Å². The molecule has 2 aromatic carbocycles. The third-order valence-corrected chi connectivity index (χ3v) is 5.19. The fraction of sp³-hybridized carbons (Fsp3) is 0.318. The number of hydrogen-bond acceptors (Lipinski definition) is 6. The lowest BCUT2D eigenvalue weighted by molar-refractivity contribution is 0.0620. The van der Waals surface area contributed by atoms with Crippen molar-refractivity contribution in [3.63, 3.8) is 0 Å². The van der Waals surface area contributed by atoms with Crippen molar-refractivity contribution in [1.82, 2.24) is 24.6 Å². The van der Waals surface area contributed by atoms with Crippen molar-refractivity contribution in [1.29, 1.82) is 0 Å². The highest BCUT2D eigenvalue weighted by atomic mass is 16.5. The van der Waals surface area contributed by atoms with Crippen LogP contribution in [0.15, 0.2) is 61.2 Å². The van der Waals surface area contributed by atoms with E-state index in [0.29, 0.717) is 25.3 Å². The van der Waals surface area contributed by atoms with Gasteiger partial charge in [-0.15, -0.1) is 0 Å². The fourth-order valence-electron chi connectivity index (χ4n) is 3.42. The van der Waals surface area contributed by atoms with Crippen molar-refractivity contribution < 1.29 is 14.3 Å². The van der Waals surface area contributed by atoms with Crippen molar-refractivity contribution in [2.75, 3.05) is 46.4 Å². The first-order valence-electron chi connectivity index (χ1n) is 9.96. The smallest absolute Gasteiger partial charge is 0.253 e. The van der Waals surface area contributed by atoms with Crippen LogP contribution < -0.4 is 9.47 Å². The monoisotopic (exact) mass is 407 g/mol. The van der Waals surface area contributed by atoms with Gasteiger partial charge in [-0.1, -0.05) is 0 Å². The summed E-state index contributed by atoms with van der Waals surface area (Å²) < 4.78 is 12.6. The summed E-state index contributed by atoms with van der Waals surface area (Å²) in [4.78, 5) is 21.0. The average molecular weight is 407 g/mol. The second kappa shape index (κ2) is 9.41. The maximum absolute atomic E-state index is 12.8. The molecule has 0 N–H and O–H groups in total. The Kier molecular flexibility index (Phi) is 6.24. The van der Waals surface area contributed by atoms with Gasteiger partial charge in [-0.3, -0.25) is 9.69 Å². The van der Waals surface area contributed by atoms with Crippen LogP contribution in [-0.4, -0.2) is 76.9 Å². The summed E-state index contributed by atoms with van der Waals surface area (Å²) in [5, 5.41) is 4.10. The van der Waals surface area contributed by atoms with E-state index < -0.39 is 0 Å². The summed E-state index contributed by atoms with van der Waals surface area (Å²) >= 11 is 0. The van der Waals surface area contributed by atoms with Crippen LogP contribution in [0, 0.1) is 0 Å². The topological polar surface area (TPSA) is 72.7 Å². The van der Waals surface area contributed by atoms with E-state index in [9.17, 15) is 4.79 Å². The fourth-order valence-corrected chi connectivity index (χ4v) is 3.42. The number of benzene rings is 2. The lowest BCUT2D eigenvalue weighted by Crippen LogP contribution is -2.49. The molecule has 8 heteroatoms. The van der Waals surface area contributed by atoms with E-state index >= 15 is 0 Å². The molecule has 0 spiro atoms. The van der Waals surface area contributed by atoms with Crippen LogP contribution in [0.4, 0.5) is 0 Å². The summed E-state index contributed by atoms with van der Waals surface area (Å²) in [7, 11) is 1.65. The van der Waals surface area contributed by atoms with E-state index in [1.165, 1.54) is 6.33 Å². The van der Waals surface area contributed by atoms with Gasteiger partial charge in [-0.25, -0.2) is 9.67 Å². The van der Waals surface area contributed by atoms with E-state index in [4.69, 9.17) is 9.47 Å². The number of hydrogen-bond donors (Lipinski definition) is 0. The molecule has 0 radical (unpaired) electrons. The van der Waals surface area contributed by atoms with Gasteiger partial charge in [0.15, 0.2) is 0 Å². The number of nitrogens with zero attached hydrogens (tertiary/aromatic N) is 5. The maximum Gasteiger partial charge on any atom is 0.253 e. The number of carbonyl (C=O) groups is 1. The highest BCUT2D eigenvalue weighted by molar-refractivity contribution is 5.94. The summed E-state index contributed by atoms with van der Waals surface area (Å²) in [5.74, 6) is 1.71. The molecule has 0 aliphatic carbocycles. The molecule has 1 saturated heterocycles. The van der Waals surface area contributed by atoms with E-state index in [0.717, 1.165) is 36.8 Å². The van der Waals surface area contributed by atoms with E-state index in [-0.39, 0.29) is 5.91 Å². The Balaban J connectivity index is 1.22. The molecule has 1 aliphatic heterocycles. The number of aromatic nitrogens is 3. The van der Waals surface area contributed by atoms with Gasteiger partial charge in [0.05, 0.1) is 12.8 Å². The lowest BCUT2D eigenvalue weighted by Gasteiger charge is -2.34. The Hall–Kier alpha value is -3.39. The van der Waals surface area contributed by atoms with Gasteiger partial charge in [0, 0.05) is 38.3 Å². The predicted molar refractivity (Wildman–Crippen MR) is 112 cm³/mol. The second-order valence-electron chi connectivity index (χ2n) is 7.04. The minimum Gasteiger partial charge on any atom is -0.497 e. The quantitative estimate of drug-likeness (QED) is 0.597. The Morgan fingerprint density at radius 3 is 2.30 bits per heavy atom. The molecule has 1 aromatic heterocycles. The Labute approximate surface area is 175 Å². The average Bonchev–Trinajstić information content (AvgIpc) is 3.35. The molecule has 1 amide bonds. The molecule has 4 rings (SSSR count). The molecule has 2 heterocycles. The first kappa shape index (κ1) is 19.9. The van der Waals surface area contributed by atoms with Crippen LogP contribution >= 0.6 is 0 Å². The Morgan fingerprint density at radius 2 is 1.67 bits per heavy atom. The molecule has 156 valence electrons. The predicted octanol–water partition coefficient (Wildman–Crippen LogP) is 2.11. The summed E-state index contributed by atoms with van der Waals surface area (Å²) in [6.07, 6.45) is 3.12. The Bertz CT molecular complexity index is 934. The van der Waals surface area contributed by atoms with E-state index in [2.05, 4.69) is 15.0 Å². The number of carbonyl (C=O) groups excluding carboxylic acids is 1. The number of piperazine rings is 1. The van der Waals surface area contributed by atoms with Gasteiger partial charge in [0.25, 0.3) is 5.91 Å². The van der Waals surface area contributed by atoms with Crippen molar-refractivity contribution >= 4 is 5.91 Å². The van der Waals surface area contributed by atoms with Crippen molar-refractivity contribution in [2.24, 2.45) is 0 Å². The van der Waals surface area contributed by atoms with Gasteiger partial charge < -0.3 is 14.4 Å². The van der Waals surface area contributed by atoms with Crippen LogP contribution in [0.1, 0.15) is 10.4 Å². The molecule has 0 atom stereocenters. The number of methoxy groups -OCH3 is 1. The molecule has 1 aliphatic rings. The summed E-state index contributed by atoms with van der Waals surface area (Å²) in [6.45, 7) is 4.56.